The Morgan fingerprint density at radius 2 is 0.846 bits per heavy atom. The number of aryl methyl sites for hydroxylation is 6. The van der Waals surface area contributed by atoms with Gasteiger partial charge in [0.15, 0.2) is 0 Å². The van der Waals surface area contributed by atoms with Crippen LogP contribution in [-0.4, -0.2) is 8.07 Å². The standard InChI is InChI=1S/C34H35Si.3ClH.Ti/c1-22-12-23(2)16-30(15-22)35(31-17-24(3)13-25(4)18-31,32-19-26(5)14-27(6)20-32)34-28(7)21-29-10-8-9-11-33(29)34;;;;/h8-20,34H,1-7H3;3*1H;/q;;;;+3/p-3. The molecule has 0 aliphatic heterocycles. The normalized spacial score (nSPS) is 14.2. The van der Waals surface area contributed by atoms with Crippen LogP contribution in [0.25, 0.3) is 3.88 Å². The van der Waals surface area contributed by atoms with Crippen molar-refractivity contribution >= 4 is 27.5 Å². The SMILES string of the molecule is CC1=[C]([Ti+3])c2ccccc2C1[Si](c1cc(C)cc(C)c1)(c1cc(C)cc(C)c1)c1cc(C)cc(C)c1.[Cl-].[Cl-].[Cl-]. The summed E-state index contributed by atoms with van der Waals surface area (Å²) in [5.74, 6) is 0. The molecule has 39 heavy (non-hydrogen) atoms. The number of halogens is 3. The van der Waals surface area contributed by atoms with Crippen LogP contribution in [0, 0.1) is 41.5 Å². The Hall–Kier alpha value is -1.58. The molecule has 1 aliphatic carbocycles. The van der Waals surface area contributed by atoms with Gasteiger partial charge in [0.25, 0.3) is 0 Å². The fraction of sp³-hybridized carbons (Fsp3) is 0.235. The van der Waals surface area contributed by atoms with Gasteiger partial charge in [-0.1, -0.05) is 0 Å². The van der Waals surface area contributed by atoms with E-state index in [0.29, 0.717) is 5.54 Å². The summed E-state index contributed by atoms with van der Waals surface area (Å²) in [6.07, 6.45) is 0. The van der Waals surface area contributed by atoms with Crippen molar-refractivity contribution in [2.24, 2.45) is 0 Å². The van der Waals surface area contributed by atoms with E-state index in [2.05, 4.69) is 148 Å². The molecule has 5 heteroatoms. The van der Waals surface area contributed by atoms with E-state index in [9.17, 15) is 0 Å². The largest absolute Gasteiger partial charge is 1.00 e. The van der Waals surface area contributed by atoms with E-state index >= 15 is 0 Å². The first-order valence-electron chi connectivity index (χ1n) is 12.9. The quantitative estimate of drug-likeness (QED) is 0.176. The van der Waals surface area contributed by atoms with E-state index in [-0.39, 0.29) is 37.2 Å². The molecular weight excluding hydrogens is 591 g/mol. The molecule has 0 amide bonds. The number of hydrogen-bond acceptors (Lipinski definition) is 0. The molecule has 0 saturated heterocycles. The Kier molecular flexibility index (Phi) is 11.2. The Balaban J connectivity index is 0.00000178. The number of fused-ring (bicyclic) bond motifs is 1. The van der Waals surface area contributed by atoms with Crippen molar-refractivity contribution in [1.29, 1.82) is 0 Å². The molecule has 4 aromatic rings. The van der Waals surface area contributed by atoms with Gasteiger partial charge in [0.1, 0.15) is 0 Å². The minimum Gasteiger partial charge on any atom is -1.00 e. The number of benzene rings is 4. The fourth-order valence-electron chi connectivity index (χ4n) is 6.73. The molecule has 0 fully saturated rings. The summed E-state index contributed by atoms with van der Waals surface area (Å²) in [5.41, 5.74) is 12.9. The maximum Gasteiger partial charge on any atom is -1.00 e. The van der Waals surface area contributed by atoms with Crippen LogP contribution in [-0.2, 0) is 20.4 Å². The molecule has 0 heterocycles. The molecule has 1 aliphatic rings. The summed E-state index contributed by atoms with van der Waals surface area (Å²) in [5, 5.41) is 4.55. The molecule has 0 spiro atoms. The van der Waals surface area contributed by atoms with Gasteiger partial charge in [-0.05, 0) is 0 Å². The van der Waals surface area contributed by atoms with Crippen molar-refractivity contribution < 1.29 is 57.7 Å². The molecule has 0 bridgehead atoms. The van der Waals surface area contributed by atoms with Gasteiger partial charge in [-0.25, -0.2) is 0 Å². The fourth-order valence-corrected chi connectivity index (χ4v) is 13.8. The van der Waals surface area contributed by atoms with Crippen molar-refractivity contribution in [3.05, 3.63) is 129 Å². The Bertz CT molecular complexity index is 1350. The van der Waals surface area contributed by atoms with Crippen LogP contribution in [0.1, 0.15) is 57.0 Å². The van der Waals surface area contributed by atoms with Gasteiger partial charge in [0.2, 0.25) is 0 Å². The van der Waals surface area contributed by atoms with Gasteiger partial charge in [-0.3, -0.25) is 0 Å². The van der Waals surface area contributed by atoms with Gasteiger partial charge in [0.05, 0.1) is 0 Å². The minimum absolute atomic E-state index is 0. The maximum atomic E-state index is 2.50. The summed E-state index contributed by atoms with van der Waals surface area (Å²) in [7, 11) is -2.59. The molecule has 0 radical (unpaired) electrons. The van der Waals surface area contributed by atoms with Crippen molar-refractivity contribution in [2.45, 2.75) is 54.0 Å². The van der Waals surface area contributed by atoms with Crippen LogP contribution in [0.4, 0.5) is 0 Å². The average Bonchev–Trinajstić information content (AvgIpc) is 3.04. The molecule has 1 unspecified atom stereocenters. The van der Waals surface area contributed by atoms with E-state index in [1.807, 2.05) is 0 Å². The summed E-state index contributed by atoms with van der Waals surface area (Å²) in [6.45, 7) is 16.0. The van der Waals surface area contributed by atoms with E-state index in [1.54, 1.807) is 0 Å². The van der Waals surface area contributed by atoms with Gasteiger partial charge in [-0.2, -0.15) is 0 Å². The Morgan fingerprint density at radius 1 is 0.513 bits per heavy atom. The van der Waals surface area contributed by atoms with Crippen LogP contribution >= 0.6 is 0 Å². The third kappa shape index (κ3) is 5.91. The third-order valence-electron chi connectivity index (χ3n) is 7.83. The van der Waals surface area contributed by atoms with Crippen LogP contribution in [0.15, 0.2) is 84.4 Å². The predicted octanol–water partition coefficient (Wildman–Crippen LogP) is -2.37. The first-order valence-corrected chi connectivity index (χ1v) is 15.7. The number of rotatable bonds is 4. The van der Waals surface area contributed by atoms with Crippen LogP contribution < -0.4 is 52.8 Å². The first kappa shape index (κ1) is 33.6. The van der Waals surface area contributed by atoms with Gasteiger partial charge >= 0.3 is 231 Å². The molecule has 0 aromatic heterocycles. The summed E-state index contributed by atoms with van der Waals surface area (Å²) < 4.78 is 1.45. The second kappa shape index (κ2) is 12.9. The van der Waals surface area contributed by atoms with Gasteiger partial charge < -0.3 is 37.2 Å². The molecule has 1 atom stereocenters. The van der Waals surface area contributed by atoms with Crippen LogP contribution in [0.3, 0.4) is 0 Å². The van der Waals surface area contributed by atoms with E-state index in [0.717, 1.165) is 0 Å². The van der Waals surface area contributed by atoms with Crippen LogP contribution in [0.5, 0.6) is 0 Å². The maximum absolute atomic E-state index is 2.59. The van der Waals surface area contributed by atoms with Crippen molar-refractivity contribution in [3.8, 4) is 0 Å². The second-order valence-corrected chi connectivity index (χ2v) is 15.7. The second-order valence-electron chi connectivity index (χ2n) is 11.0. The minimum atomic E-state index is -2.59. The molecule has 0 N–H and O–H groups in total. The topological polar surface area (TPSA) is 0 Å². The zero-order valence-corrected chi connectivity index (χ0v) is 28.5. The molecular formula is C34H35Cl3SiTi. The Morgan fingerprint density at radius 3 is 1.21 bits per heavy atom. The molecule has 0 nitrogen and oxygen atoms in total. The van der Waals surface area contributed by atoms with Crippen LogP contribution in [0.2, 0.25) is 0 Å². The summed E-state index contributed by atoms with van der Waals surface area (Å²) >= 11 is 2.33. The van der Waals surface area contributed by atoms with E-state index in [4.69, 9.17) is 0 Å². The molecule has 200 valence electrons. The predicted molar refractivity (Wildman–Crippen MR) is 154 cm³/mol. The van der Waals surface area contributed by atoms with Crippen molar-refractivity contribution in [3.63, 3.8) is 0 Å². The average molecular weight is 626 g/mol. The Labute approximate surface area is 266 Å². The van der Waals surface area contributed by atoms with Crippen molar-refractivity contribution in [2.75, 3.05) is 0 Å². The van der Waals surface area contributed by atoms with Crippen molar-refractivity contribution in [1.82, 2.24) is 0 Å². The van der Waals surface area contributed by atoms with E-state index in [1.165, 1.54) is 69.5 Å². The first-order chi connectivity index (χ1) is 17.1. The molecule has 5 rings (SSSR count). The molecule has 0 saturated carbocycles. The van der Waals surface area contributed by atoms with Gasteiger partial charge in [-0.15, -0.1) is 0 Å². The summed E-state index contributed by atoms with van der Waals surface area (Å²) in [6, 6.07) is 31.1. The molecule has 4 aromatic carbocycles. The zero-order chi connectivity index (χ0) is 25.8. The van der Waals surface area contributed by atoms with E-state index < -0.39 is 8.07 Å². The summed E-state index contributed by atoms with van der Waals surface area (Å²) in [4.78, 5) is 0. The number of allylic oxidation sites excluding steroid dienone is 1. The van der Waals surface area contributed by atoms with Gasteiger partial charge in [0, 0.05) is 0 Å². The number of hydrogen-bond donors (Lipinski definition) is 0. The smallest absolute Gasteiger partial charge is 1.00 e. The third-order valence-corrected chi connectivity index (χ3v) is 14.1. The zero-order valence-electron chi connectivity index (χ0n) is 23.7. The monoisotopic (exact) mass is 624 g/mol.